The van der Waals surface area contributed by atoms with Crippen molar-refractivity contribution in [2.24, 2.45) is 5.73 Å². The number of likely N-dealkylation sites (tertiary alicyclic amines) is 1. The molecule has 0 saturated carbocycles. The predicted octanol–water partition coefficient (Wildman–Crippen LogP) is 2.06. The zero-order valence-corrected chi connectivity index (χ0v) is 10.9. The number of nitrogens with zero attached hydrogens (tertiary/aromatic N) is 1. The molecule has 0 spiro atoms. The van der Waals surface area contributed by atoms with Crippen molar-refractivity contribution in [3.05, 3.63) is 34.9 Å². The first-order valence-corrected chi connectivity index (χ1v) is 6.34. The molecule has 1 aromatic carbocycles. The van der Waals surface area contributed by atoms with Gasteiger partial charge in [0.2, 0.25) is 0 Å². The van der Waals surface area contributed by atoms with Gasteiger partial charge in [-0.3, -0.25) is 4.90 Å². The molecular weight excluding hydrogens is 236 g/mol. The van der Waals surface area contributed by atoms with E-state index in [4.69, 9.17) is 22.1 Å². The van der Waals surface area contributed by atoms with Crippen LogP contribution in [0.3, 0.4) is 0 Å². The van der Waals surface area contributed by atoms with Crippen LogP contribution in [0.25, 0.3) is 0 Å². The number of rotatable bonds is 4. The molecule has 2 atom stereocenters. The molecule has 0 radical (unpaired) electrons. The van der Waals surface area contributed by atoms with Gasteiger partial charge < -0.3 is 10.5 Å². The molecule has 0 aromatic heterocycles. The second-order valence-electron chi connectivity index (χ2n) is 4.48. The Morgan fingerprint density at radius 1 is 1.41 bits per heavy atom. The Labute approximate surface area is 107 Å². The molecule has 1 aromatic rings. The lowest BCUT2D eigenvalue weighted by molar-refractivity contribution is 0.139. The molecule has 17 heavy (non-hydrogen) atoms. The first kappa shape index (κ1) is 12.8. The Balaban J connectivity index is 2.12. The monoisotopic (exact) mass is 254 g/mol. The van der Waals surface area contributed by atoms with Gasteiger partial charge in [-0.25, -0.2) is 0 Å². The molecule has 2 unspecified atom stereocenters. The van der Waals surface area contributed by atoms with Crippen LogP contribution in [-0.2, 0) is 4.74 Å². The smallest absolute Gasteiger partial charge is 0.0589 e. The molecule has 1 aliphatic heterocycles. The maximum absolute atomic E-state index is 6.20. The van der Waals surface area contributed by atoms with Crippen LogP contribution in [0.15, 0.2) is 24.3 Å². The number of hydrogen-bond acceptors (Lipinski definition) is 3. The van der Waals surface area contributed by atoms with E-state index in [9.17, 15) is 0 Å². The third-order valence-electron chi connectivity index (χ3n) is 3.34. The maximum atomic E-state index is 6.20. The van der Waals surface area contributed by atoms with Gasteiger partial charge in [0.05, 0.1) is 12.6 Å². The van der Waals surface area contributed by atoms with Crippen LogP contribution in [0.4, 0.5) is 0 Å². The third kappa shape index (κ3) is 2.99. The Kier molecular flexibility index (Phi) is 4.40. The summed E-state index contributed by atoms with van der Waals surface area (Å²) in [7, 11) is 1.73. The Hall–Kier alpha value is -0.610. The largest absolute Gasteiger partial charge is 0.383 e. The molecule has 1 saturated heterocycles. The molecule has 0 bridgehead atoms. The van der Waals surface area contributed by atoms with Crippen molar-refractivity contribution in [3.63, 3.8) is 0 Å². The minimum atomic E-state index is 0.202. The highest BCUT2D eigenvalue weighted by atomic mass is 35.5. The summed E-state index contributed by atoms with van der Waals surface area (Å²) in [6.07, 6.45) is 1.04. The standard InChI is InChI=1S/C13H19ClN2O/c1-17-9-8-16-7-6-12(15)13(16)10-2-4-11(14)5-3-10/h2-5,12-13H,6-9,15H2,1H3. The van der Waals surface area contributed by atoms with E-state index in [1.54, 1.807) is 7.11 Å². The SMILES string of the molecule is COCCN1CCC(N)C1c1ccc(Cl)cc1. The lowest BCUT2D eigenvalue weighted by Crippen LogP contribution is -2.33. The van der Waals surface area contributed by atoms with Crippen molar-refractivity contribution < 1.29 is 4.74 Å². The number of hydrogen-bond donors (Lipinski definition) is 1. The summed E-state index contributed by atoms with van der Waals surface area (Å²) in [6.45, 7) is 2.71. The third-order valence-corrected chi connectivity index (χ3v) is 3.59. The topological polar surface area (TPSA) is 38.5 Å². The summed E-state index contributed by atoms with van der Waals surface area (Å²) in [6, 6.07) is 8.48. The molecule has 4 heteroatoms. The van der Waals surface area contributed by atoms with Crippen LogP contribution in [-0.4, -0.2) is 37.7 Å². The van der Waals surface area contributed by atoms with E-state index >= 15 is 0 Å². The summed E-state index contributed by atoms with van der Waals surface area (Å²) in [5, 5.41) is 0.767. The summed E-state index contributed by atoms with van der Waals surface area (Å²) >= 11 is 5.91. The molecule has 0 amide bonds. The molecule has 1 heterocycles. The van der Waals surface area contributed by atoms with Gasteiger partial charge in [-0.05, 0) is 24.1 Å². The predicted molar refractivity (Wildman–Crippen MR) is 70.2 cm³/mol. The average Bonchev–Trinajstić information content (AvgIpc) is 2.69. The fraction of sp³-hybridized carbons (Fsp3) is 0.538. The van der Waals surface area contributed by atoms with Crippen molar-refractivity contribution in [1.82, 2.24) is 4.90 Å². The normalized spacial score (nSPS) is 25.4. The number of nitrogens with two attached hydrogens (primary N) is 1. The van der Waals surface area contributed by atoms with Gasteiger partial charge >= 0.3 is 0 Å². The van der Waals surface area contributed by atoms with Crippen LogP contribution in [0.5, 0.6) is 0 Å². The van der Waals surface area contributed by atoms with Crippen LogP contribution >= 0.6 is 11.6 Å². The lowest BCUT2D eigenvalue weighted by Gasteiger charge is -2.26. The van der Waals surface area contributed by atoms with Gasteiger partial charge in [-0.15, -0.1) is 0 Å². The first-order valence-electron chi connectivity index (χ1n) is 5.96. The van der Waals surface area contributed by atoms with Crippen molar-refractivity contribution in [2.75, 3.05) is 26.8 Å². The van der Waals surface area contributed by atoms with Gasteiger partial charge in [0, 0.05) is 31.3 Å². The first-order chi connectivity index (χ1) is 8.22. The summed E-state index contributed by atoms with van der Waals surface area (Å²) in [5.74, 6) is 0. The Morgan fingerprint density at radius 3 is 2.76 bits per heavy atom. The molecule has 0 aliphatic carbocycles. The van der Waals surface area contributed by atoms with Gasteiger partial charge in [-0.2, -0.15) is 0 Å². The second kappa shape index (κ2) is 5.83. The van der Waals surface area contributed by atoms with Gasteiger partial charge in [0.1, 0.15) is 0 Å². The van der Waals surface area contributed by atoms with Crippen LogP contribution in [0.2, 0.25) is 5.02 Å². The molecule has 3 nitrogen and oxygen atoms in total. The van der Waals surface area contributed by atoms with E-state index in [2.05, 4.69) is 17.0 Å². The summed E-state index contributed by atoms with van der Waals surface area (Å²) < 4.78 is 5.14. The zero-order valence-electron chi connectivity index (χ0n) is 10.1. The van der Waals surface area contributed by atoms with Crippen molar-refractivity contribution in [2.45, 2.75) is 18.5 Å². The second-order valence-corrected chi connectivity index (χ2v) is 4.91. The molecule has 2 rings (SSSR count). The van der Waals surface area contributed by atoms with Crippen LogP contribution in [0.1, 0.15) is 18.0 Å². The van der Waals surface area contributed by atoms with E-state index in [1.807, 2.05) is 12.1 Å². The fourth-order valence-electron chi connectivity index (χ4n) is 2.46. The number of halogens is 1. The highest BCUT2D eigenvalue weighted by Crippen LogP contribution is 2.31. The van der Waals surface area contributed by atoms with Crippen LogP contribution in [0, 0.1) is 0 Å². The van der Waals surface area contributed by atoms with Gasteiger partial charge in [-0.1, -0.05) is 23.7 Å². The van der Waals surface area contributed by atoms with Gasteiger partial charge in [0.25, 0.3) is 0 Å². The summed E-state index contributed by atoms with van der Waals surface area (Å²) in [5.41, 5.74) is 7.44. The summed E-state index contributed by atoms with van der Waals surface area (Å²) in [4.78, 5) is 2.39. The molecule has 1 aliphatic rings. The van der Waals surface area contributed by atoms with Gasteiger partial charge in [0.15, 0.2) is 0 Å². The van der Waals surface area contributed by atoms with E-state index in [0.717, 1.165) is 31.1 Å². The molecular formula is C13H19ClN2O. The minimum absolute atomic E-state index is 0.202. The van der Waals surface area contributed by atoms with E-state index in [1.165, 1.54) is 5.56 Å². The van der Waals surface area contributed by atoms with Crippen molar-refractivity contribution in [3.8, 4) is 0 Å². The number of benzene rings is 1. The van der Waals surface area contributed by atoms with E-state index in [-0.39, 0.29) is 6.04 Å². The number of methoxy groups -OCH3 is 1. The molecule has 2 N–H and O–H groups in total. The average molecular weight is 255 g/mol. The van der Waals surface area contributed by atoms with Crippen molar-refractivity contribution >= 4 is 11.6 Å². The molecule has 94 valence electrons. The zero-order chi connectivity index (χ0) is 12.3. The minimum Gasteiger partial charge on any atom is -0.383 e. The Bertz CT molecular complexity index is 355. The number of ether oxygens (including phenoxy) is 1. The quantitative estimate of drug-likeness (QED) is 0.894. The fourth-order valence-corrected chi connectivity index (χ4v) is 2.59. The highest BCUT2D eigenvalue weighted by molar-refractivity contribution is 6.30. The Morgan fingerprint density at radius 2 is 2.12 bits per heavy atom. The van der Waals surface area contributed by atoms with Crippen molar-refractivity contribution in [1.29, 1.82) is 0 Å². The van der Waals surface area contributed by atoms with Crippen LogP contribution < -0.4 is 5.73 Å². The maximum Gasteiger partial charge on any atom is 0.0589 e. The van der Waals surface area contributed by atoms with E-state index in [0.29, 0.717) is 6.04 Å². The highest BCUT2D eigenvalue weighted by Gasteiger charge is 2.32. The van der Waals surface area contributed by atoms with E-state index < -0.39 is 0 Å². The molecule has 1 fully saturated rings. The lowest BCUT2D eigenvalue weighted by atomic mass is 10.0.